The van der Waals surface area contributed by atoms with Crippen molar-refractivity contribution in [2.24, 2.45) is 4.99 Å². The Morgan fingerprint density at radius 1 is 1.35 bits per heavy atom. The fraction of sp³-hybridized carbons (Fsp3) is 0.556. The summed E-state index contributed by atoms with van der Waals surface area (Å²) in [5.41, 5.74) is 0.476. The summed E-state index contributed by atoms with van der Waals surface area (Å²) in [7, 11) is 3.41. The van der Waals surface area contributed by atoms with Crippen molar-refractivity contribution in [3.8, 4) is 5.75 Å². The van der Waals surface area contributed by atoms with Gasteiger partial charge in [-0.15, -0.1) is 24.0 Å². The first-order valence-electron chi connectivity index (χ1n) is 8.30. The molecule has 26 heavy (non-hydrogen) atoms. The van der Waals surface area contributed by atoms with E-state index in [1.807, 2.05) is 27.7 Å². The Labute approximate surface area is 172 Å². The highest BCUT2D eigenvalue weighted by molar-refractivity contribution is 14.0. The number of ether oxygens (including phenoxy) is 1. The molecule has 2 N–H and O–H groups in total. The van der Waals surface area contributed by atoms with Crippen LogP contribution in [0.3, 0.4) is 0 Å². The smallest absolute Gasteiger partial charge is 0.240 e. The van der Waals surface area contributed by atoms with Gasteiger partial charge in [-0.1, -0.05) is 6.07 Å². The number of nitrogens with zero attached hydrogens (tertiary/aromatic N) is 2. The molecule has 6 nitrogen and oxygen atoms in total. The second-order valence-electron chi connectivity index (χ2n) is 6.75. The van der Waals surface area contributed by atoms with Crippen molar-refractivity contribution in [1.29, 1.82) is 0 Å². The molecular formula is C18H30FIN4O2. The number of hydrogen-bond donors (Lipinski definition) is 2. The van der Waals surface area contributed by atoms with Crippen LogP contribution in [0.5, 0.6) is 5.75 Å². The van der Waals surface area contributed by atoms with Crippen LogP contribution in [-0.4, -0.2) is 49.6 Å². The van der Waals surface area contributed by atoms with E-state index in [1.54, 1.807) is 31.1 Å². The predicted octanol–water partition coefficient (Wildman–Crippen LogP) is 2.76. The van der Waals surface area contributed by atoms with Gasteiger partial charge in [-0.2, -0.15) is 0 Å². The number of guanidine groups is 1. The lowest BCUT2D eigenvalue weighted by Crippen LogP contribution is -2.48. The molecule has 0 aliphatic heterocycles. The Balaban J connectivity index is 0.00000625. The monoisotopic (exact) mass is 480 g/mol. The van der Waals surface area contributed by atoms with E-state index >= 15 is 0 Å². The maximum atomic E-state index is 13.9. The van der Waals surface area contributed by atoms with Gasteiger partial charge in [-0.05, 0) is 45.4 Å². The van der Waals surface area contributed by atoms with Crippen molar-refractivity contribution in [1.82, 2.24) is 15.5 Å². The van der Waals surface area contributed by atoms with Crippen molar-refractivity contribution in [3.63, 3.8) is 0 Å². The molecule has 148 valence electrons. The number of carbonyl (C=O) groups is 1. The lowest BCUT2D eigenvalue weighted by molar-refractivity contribution is -0.122. The minimum atomic E-state index is -0.394. The van der Waals surface area contributed by atoms with Crippen molar-refractivity contribution in [3.05, 3.63) is 29.6 Å². The normalized spacial score (nSPS) is 11.4. The van der Waals surface area contributed by atoms with E-state index in [-0.39, 0.29) is 47.7 Å². The van der Waals surface area contributed by atoms with Crippen LogP contribution < -0.4 is 15.4 Å². The van der Waals surface area contributed by atoms with E-state index in [4.69, 9.17) is 4.74 Å². The summed E-state index contributed by atoms with van der Waals surface area (Å²) in [6.07, 6.45) is 0. The average molecular weight is 480 g/mol. The maximum absolute atomic E-state index is 13.9. The first kappa shape index (κ1) is 24.4. The molecule has 1 rings (SSSR count). The Hall–Kier alpha value is -1.58. The van der Waals surface area contributed by atoms with Crippen LogP contribution in [-0.2, 0) is 11.3 Å². The highest BCUT2D eigenvalue weighted by Crippen LogP contribution is 2.18. The molecule has 0 saturated carbocycles. The molecule has 8 heteroatoms. The number of carbonyl (C=O) groups excluding carboxylic acids is 1. The Kier molecular flexibility index (Phi) is 10.5. The van der Waals surface area contributed by atoms with Crippen molar-refractivity contribution in [2.45, 2.75) is 39.8 Å². The number of hydrogen-bond acceptors (Lipinski definition) is 3. The third-order valence-electron chi connectivity index (χ3n) is 3.22. The predicted molar refractivity (Wildman–Crippen MR) is 114 cm³/mol. The van der Waals surface area contributed by atoms with Crippen molar-refractivity contribution in [2.75, 3.05) is 27.2 Å². The van der Waals surface area contributed by atoms with Gasteiger partial charge in [0.15, 0.2) is 17.5 Å². The highest BCUT2D eigenvalue weighted by atomic mass is 127. The number of aliphatic imine (C=N–C) groups is 1. The molecule has 1 aromatic rings. The first-order valence-corrected chi connectivity index (χ1v) is 8.30. The van der Waals surface area contributed by atoms with Gasteiger partial charge >= 0.3 is 0 Å². The number of benzene rings is 1. The molecule has 0 saturated heterocycles. The SMILES string of the molecule is CCOc1ccc(CNC(=NC)N(C)CC(=O)NC(C)(C)C)cc1F.I. The summed E-state index contributed by atoms with van der Waals surface area (Å²) in [5, 5.41) is 6.02. The van der Waals surface area contributed by atoms with Gasteiger partial charge < -0.3 is 20.3 Å². The first-order chi connectivity index (χ1) is 11.7. The van der Waals surface area contributed by atoms with Gasteiger partial charge in [0.05, 0.1) is 13.2 Å². The standard InChI is InChI=1S/C18H29FN4O2.HI/c1-7-25-15-9-8-13(10-14(15)19)11-21-17(20-5)23(6)12-16(24)22-18(2,3)4;/h8-10H,7,11-12H2,1-6H3,(H,20,21)(H,22,24);1H. The van der Waals surface area contributed by atoms with E-state index in [0.29, 0.717) is 19.1 Å². The minimum Gasteiger partial charge on any atom is -0.491 e. The molecule has 0 atom stereocenters. The van der Waals surface area contributed by atoms with E-state index in [0.717, 1.165) is 5.56 Å². The Morgan fingerprint density at radius 2 is 2.00 bits per heavy atom. The molecular weight excluding hydrogens is 450 g/mol. The molecule has 0 heterocycles. The second-order valence-corrected chi connectivity index (χ2v) is 6.75. The van der Waals surface area contributed by atoms with E-state index < -0.39 is 5.82 Å². The molecule has 1 amide bonds. The zero-order valence-corrected chi connectivity index (χ0v) is 18.7. The number of amides is 1. The molecule has 0 fully saturated rings. The van der Waals surface area contributed by atoms with Gasteiger partial charge in [0, 0.05) is 26.2 Å². The third-order valence-corrected chi connectivity index (χ3v) is 3.22. The molecule has 0 aromatic heterocycles. The Bertz CT molecular complexity index is 618. The van der Waals surface area contributed by atoms with Gasteiger partial charge in [0.1, 0.15) is 0 Å². The summed E-state index contributed by atoms with van der Waals surface area (Å²) in [4.78, 5) is 17.9. The Morgan fingerprint density at radius 3 is 2.50 bits per heavy atom. The molecule has 0 aliphatic rings. The summed E-state index contributed by atoms with van der Waals surface area (Å²) in [5.74, 6) is 0.309. The maximum Gasteiger partial charge on any atom is 0.240 e. The molecule has 0 radical (unpaired) electrons. The topological polar surface area (TPSA) is 66.0 Å². The van der Waals surface area contributed by atoms with E-state index in [9.17, 15) is 9.18 Å². The summed E-state index contributed by atoms with van der Waals surface area (Å²) >= 11 is 0. The quantitative estimate of drug-likeness (QED) is 0.374. The lowest BCUT2D eigenvalue weighted by Gasteiger charge is -2.25. The van der Waals surface area contributed by atoms with Crippen LogP contribution in [0.15, 0.2) is 23.2 Å². The summed E-state index contributed by atoms with van der Waals surface area (Å²) < 4.78 is 19.1. The fourth-order valence-electron chi connectivity index (χ4n) is 2.24. The third kappa shape index (κ3) is 8.68. The van der Waals surface area contributed by atoms with Gasteiger partial charge in [0.2, 0.25) is 5.91 Å². The summed E-state index contributed by atoms with van der Waals surface area (Å²) in [6, 6.07) is 4.83. The molecule has 0 spiro atoms. The van der Waals surface area contributed by atoms with Crippen LogP contribution >= 0.6 is 24.0 Å². The zero-order chi connectivity index (χ0) is 19.0. The minimum absolute atomic E-state index is 0. The van der Waals surface area contributed by atoms with Gasteiger partial charge in [0.25, 0.3) is 0 Å². The highest BCUT2D eigenvalue weighted by Gasteiger charge is 2.16. The van der Waals surface area contributed by atoms with Gasteiger partial charge in [-0.25, -0.2) is 4.39 Å². The van der Waals surface area contributed by atoms with Crippen molar-refractivity contribution >= 4 is 35.8 Å². The van der Waals surface area contributed by atoms with Crippen LogP contribution in [0, 0.1) is 5.82 Å². The van der Waals surface area contributed by atoms with Crippen molar-refractivity contribution < 1.29 is 13.9 Å². The van der Waals surface area contributed by atoms with E-state index in [1.165, 1.54) is 6.07 Å². The number of nitrogens with one attached hydrogen (secondary N) is 2. The van der Waals surface area contributed by atoms with Gasteiger partial charge in [-0.3, -0.25) is 9.79 Å². The summed E-state index contributed by atoms with van der Waals surface area (Å²) in [6.45, 7) is 8.58. The number of likely N-dealkylation sites (N-methyl/N-ethyl adjacent to an activating group) is 1. The molecule has 0 bridgehead atoms. The second kappa shape index (κ2) is 11.2. The number of rotatable bonds is 6. The number of halogens is 2. The molecule has 0 unspecified atom stereocenters. The lowest BCUT2D eigenvalue weighted by atomic mass is 10.1. The van der Waals surface area contributed by atoms with Crippen LogP contribution in [0.1, 0.15) is 33.3 Å². The molecule has 0 aliphatic carbocycles. The largest absolute Gasteiger partial charge is 0.491 e. The average Bonchev–Trinajstić information content (AvgIpc) is 2.48. The molecule has 1 aromatic carbocycles. The van der Waals surface area contributed by atoms with Crippen LogP contribution in [0.25, 0.3) is 0 Å². The van der Waals surface area contributed by atoms with Crippen LogP contribution in [0.4, 0.5) is 4.39 Å². The fourth-order valence-corrected chi connectivity index (χ4v) is 2.24. The van der Waals surface area contributed by atoms with Crippen LogP contribution in [0.2, 0.25) is 0 Å². The zero-order valence-electron chi connectivity index (χ0n) is 16.4. The van der Waals surface area contributed by atoms with E-state index in [2.05, 4.69) is 15.6 Å².